The van der Waals surface area contributed by atoms with Crippen LogP contribution in [0.15, 0.2) is 30.3 Å². The van der Waals surface area contributed by atoms with E-state index in [-0.39, 0.29) is 12.7 Å². The van der Waals surface area contributed by atoms with Gasteiger partial charge in [-0.2, -0.15) is 0 Å². The van der Waals surface area contributed by atoms with Crippen molar-refractivity contribution in [3.8, 4) is 12.3 Å². The number of terminal acetylenes is 1. The van der Waals surface area contributed by atoms with Crippen molar-refractivity contribution in [1.82, 2.24) is 0 Å². The molecular formula is C15H19BrO2. The van der Waals surface area contributed by atoms with Gasteiger partial charge < -0.3 is 9.84 Å². The molecule has 0 aliphatic heterocycles. The first kappa shape index (κ1) is 15.2. The van der Waals surface area contributed by atoms with E-state index in [1.54, 1.807) is 6.92 Å². The predicted octanol–water partition coefficient (Wildman–Crippen LogP) is 2.78. The van der Waals surface area contributed by atoms with Gasteiger partial charge in [0.2, 0.25) is 0 Å². The fourth-order valence-electron chi connectivity index (χ4n) is 1.60. The van der Waals surface area contributed by atoms with Crippen molar-refractivity contribution in [2.45, 2.75) is 31.5 Å². The van der Waals surface area contributed by atoms with Crippen LogP contribution in [0.1, 0.15) is 18.9 Å². The molecule has 0 amide bonds. The minimum atomic E-state index is -0.953. The van der Waals surface area contributed by atoms with Crippen LogP contribution in [0.25, 0.3) is 0 Å². The zero-order valence-electron chi connectivity index (χ0n) is 10.6. The summed E-state index contributed by atoms with van der Waals surface area (Å²) in [5.74, 6) is 2.46. The average Bonchev–Trinajstić information content (AvgIpc) is 2.35. The van der Waals surface area contributed by atoms with E-state index in [1.807, 2.05) is 18.2 Å². The molecule has 0 aliphatic rings. The molecule has 0 saturated heterocycles. The molecule has 3 heteroatoms. The molecule has 1 N–H and O–H groups in total. The highest BCUT2D eigenvalue weighted by Crippen LogP contribution is 2.13. The van der Waals surface area contributed by atoms with Crippen molar-refractivity contribution in [3.05, 3.63) is 35.9 Å². The third-order valence-electron chi connectivity index (χ3n) is 2.59. The Bertz CT molecular complexity index is 381. The lowest BCUT2D eigenvalue weighted by Crippen LogP contribution is -2.33. The summed E-state index contributed by atoms with van der Waals surface area (Å²) in [5.41, 5.74) is 0.268. The Balaban J connectivity index is 2.46. The van der Waals surface area contributed by atoms with Crippen LogP contribution >= 0.6 is 15.9 Å². The van der Waals surface area contributed by atoms with Gasteiger partial charge in [0.05, 0.1) is 18.3 Å². The van der Waals surface area contributed by atoms with Crippen molar-refractivity contribution in [3.63, 3.8) is 0 Å². The molecule has 1 aromatic carbocycles. The normalized spacial score (nSPS) is 15.7. The van der Waals surface area contributed by atoms with Crippen molar-refractivity contribution < 1.29 is 9.84 Å². The molecule has 0 bridgehead atoms. The Morgan fingerprint density at radius 3 is 2.67 bits per heavy atom. The van der Waals surface area contributed by atoms with E-state index in [4.69, 9.17) is 11.2 Å². The number of hydrogen-bond donors (Lipinski definition) is 1. The van der Waals surface area contributed by atoms with Gasteiger partial charge in [0.15, 0.2) is 0 Å². The average molecular weight is 311 g/mol. The number of halogens is 1. The molecule has 0 aliphatic carbocycles. The van der Waals surface area contributed by atoms with E-state index in [0.29, 0.717) is 6.42 Å². The summed E-state index contributed by atoms with van der Waals surface area (Å²) in [7, 11) is 0. The maximum atomic E-state index is 9.94. The maximum absolute atomic E-state index is 9.94. The van der Waals surface area contributed by atoms with E-state index in [2.05, 4.69) is 34.0 Å². The highest BCUT2D eigenvalue weighted by molar-refractivity contribution is 9.09. The lowest BCUT2D eigenvalue weighted by molar-refractivity contribution is -0.0532. The monoisotopic (exact) mass is 310 g/mol. The Kier molecular flexibility index (Phi) is 6.42. The van der Waals surface area contributed by atoms with Crippen molar-refractivity contribution in [1.29, 1.82) is 0 Å². The van der Waals surface area contributed by atoms with Crippen LogP contribution in [0.5, 0.6) is 0 Å². The maximum Gasteiger partial charge on any atom is 0.0960 e. The van der Waals surface area contributed by atoms with Crippen molar-refractivity contribution >= 4 is 15.9 Å². The Morgan fingerprint density at radius 1 is 1.44 bits per heavy atom. The van der Waals surface area contributed by atoms with Crippen LogP contribution in [-0.4, -0.2) is 28.7 Å². The summed E-state index contributed by atoms with van der Waals surface area (Å²) >= 11 is 3.43. The number of alkyl halides is 1. The zero-order valence-corrected chi connectivity index (χ0v) is 12.2. The first-order valence-electron chi connectivity index (χ1n) is 5.95. The number of aliphatic hydroxyl groups is 1. The summed E-state index contributed by atoms with van der Waals surface area (Å²) < 4.78 is 5.72. The second-order valence-corrected chi connectivity index (χ2v) is 5.30. The van der Waals surface area contributed by atoms with Gasteiger partial charge in [-0.05, 0) is 18.9 Å². The molecular weight excluding hydrogens is 292 g/mol. The molecule has 0 aromatic heterocycles. The van der Waals surface area contributed by atoms with E-state index in [1.165, 1.54) is 5.56 Å². The van der Waals surface area contributed by atoms with Gasteiger partial charge in [-0.3, -0.25) is 0 Å². The van der Waals surface area contributed by atoms with E-state index >= 15 is 0 Å². The van der Waals surface area contributed by atoms with Crippen molar-refractivity contribution in [2.24, 2.45) is 0 Å². The summed E-state index contributed by atoms with van der Waals surface area (Å²) in [6.45, 7) is 1.95. The zero-order chi connectivity index (χ0) is 13.4. The molecule has 18 heavy (non-hydrogen) atoms. The van der Waals surface area contributed by atoms with Crippen LogP contribution < -0.4 is 0 Å². The van der Waals surface area contributed by atoms with Gasteiger partial charge in [0, 0.05) is 11.8 Å². The topological polar surface area (TPSA) is 29.5 Å². The fraction of sp³-hybridized carbons (Fsp3) is 0.467. The molecule has 0 spiro atoms. The van der Waals surface area contributed by atoms with Gasteiger partial charge in [-0.15, -0.1) is 12.3 Å². The van der Waals surface area contributed by atoms with Crippen LogP contribution in [0.3, 0.4) is 0 Å². The van der Waals surface area contributed by atoms with Gasteiger partial charge in [-0.25, -0.2) is 0 Å². The second-order valence-electron chi connectivity index (χ2n) is 4.65. The van der Waals surface area contributed by atoms with Crippen LogP contribution in [0.4, 0.5) is 0 Å². The van der Waals surface area contributed by atoms with Crippen LogP contribution in [0.2, 0.25) is 0 Å². The van der Waals surface area contributed by atoms with E-state index in [9.17, 15) is 5.11 Å². The highest BCUT2D eigenvalue weighted by atomic mass is 79.9. The van der Waals surface area contributed by atoms with Gasteiger partial charge in [-0.1, -0.05) is 46.3 Å². The summed E-state index contributed by atoms with van der Waals surface area (Å²) in [6, 6.07) is 10.1. The number of ether oxygens (including phenoxy) is 1. The molecule has 98 valence electrons. The van der Waals surface area contributed by atoms with Crippen LogP contribution in [0, 0.1) is 12.3 Å². The van der Waals surface area contributed by atoms with Gasteiger partial charge >= 0.3 is 0 Å². The minimum Gasteiger partial charge on any atom is -0.387 e. The summed E-state index contributed by atoms with van der Waals surface area (Å²) in [6.07, 6.45) is 6.36. The smallest absolute Gasteiger partial charge is 0.0960 e. The summed E-state index contributed by atoms with van der Waals surface area (Å²) in [5, 5.41) is 10.7. The first-order chi connectivity index (χ1) is 8.57. The molecule has 0 radical (unpaired) electrons. The predicted molar refractivity (Wildman–Crippen MR) is 77.8 cm³/mol. The van der Waals surface area contributed by atoms with E-state index < -0.39 is 5.60 Å². The largest absolute Gasteiger partial charge is 0.387 e. The van der Waals surface area contributed by atoms with Gasteiger partial charge in [0.25, 0.3) is 0 Å². The SMILES string of the molecule is C#CCC(C)(O)COC(CBr)Cc1ccccc1. The van der Waals surface area contributed by atoms with E-state index in [0.717, 1.165) is 11.8 Å². The number of benzene rings is 1. The molecule has 1 rings (SSSR count). The first-order valence-corrected chi connectivity index (χ1v) is 7.07. The lowest BCUT2D eigenvalue weighted by atomic mass is 10.0. The fourth-order valence-corrected chi connectivity index (χ4v) is 2.02. The third-order valence-corrected chi connectivity index (χ3v) is 3.31. The molecule has 1 aromatic rings. The van der Waals surface area contributed by atoms with Crippen LogP contribution in [-0.2, 0) is 11.2 Å². The third kappa shape index (κ3) is 5.68. The minimum absolute atomic E-state index is 0.0386. The summed E-state index contributed by atoms with van der Waals surface area (Å²) in [4.78, 5) is 0. The lowest BCUT2D eigenvalue weighted by Gasteiger charge is -2.24. The Morgan fingerprint density at radius 2 is 2.11 bits per heavy atom. The second kappa shape index (κ2) is 7.58. The Hall–Kier alpha value is -0.820. The highest BCUT2D eigenvalue weighted by Gasteiger charge is 2.21. The molecule has 2 atom stereocenters. The Labute approximate surface area is 117 Å². The number of rotatable bonds is 7. The molecule has 0 saturated carbocycles. The quantitative estimate of drug-likeness (QED) is 0.620. The molecule has 0 heterocycles. The van der Waals surface area contributed by atoms with Gasteiger partial charge in [0.1, 0.15) is 0 Å². The standard InChI is InChI=1S/C15H19BrO2/c1-3-9-15(2,17)12-18-14(11-16)10-13-7-5-4-6-8-13/h1,4-8,14,17H,9-12H2,2H3. The van der Waals surface area contributed by atoms with Crippen molar-refractivity contribution in [2.75, 3.05) is 11.9 Å². The molecule has 2 nitrogen and oxygen atoms in total. The molecule has 0 fully saturated rings. The number of hydrogen-bond acceptors (Lipinski definition) is 2. The molecule has 2 unspecified atom stereocenters.